The van der Waals surface area contributed by atoms with Gasteiger partial charge in [-0.3, -0.25) is 14.8 Å². The molecular formula is C13H15N5O3. The highest BCUT2D eigenvalue weighted by molar-refractivity contribution is 6.00. The number of carbonyl (C=O) groups is 1. The number of aryl methyl sites for hydroxylation is 3. The van der Waals surface area contributed by atoms with Crippen molar-refractivity contribution in [2.75, 3.05) is 10.6 Å². The molecule has 8 heteroatoms. The summed E-state index contributed by atoms with van der Waals surface area (Å²) in [6, 6.07) is 2.54. The van der Waals surface area contributed by atoms with Gasteiger partial charge in [-0.05, 0) is 25.5 Å². The van der Waals surface area contributed by atoms with Crippen LogP contribution in [0, 0.1) is 24.0 Å². The van der Waals surface area contributed by atoms with Crippen LogP contribution in [0.3, 0.4) is 0 Å². The largest absolute Gasteiger partial charge is 0.323 e. The minimum Gasteiger partial charge on any atom is -0.307 e. The molecule has 2 rings (SSSR count). The minimum atomic E-state index is -0.482. The highest BCUT2D eigenvalue weighted by Gasteiger charge is 2.15. The number of hydrogen-bond donors (Lipinski definition) is 2. The summed E-state index contributed by atoms with van der Waals surface area (Å²) in [5.41, 5.74) is 2.20. The van der Waals surface area contributed by atoms with Crippen LogP contribution in [-0.4, -0.2) is 20.7 Å². The summed E-state index contributed by atoms with van der Waals surface area (Å²) >= 11 is 0. The van der Waals surface area contributed by atoms with Gasteiger partial charge in [0.1, 0.15) is 0 Å². The van der Waals surface area contributed by atoms with Crippen LogP contribution in [0.25, 0.3) is 0 Å². The van der Waals surface area contributed by atoms with Gasteiger partial charge in [0.15, 0.2) is 0 Å². The Balaban J connectivity index is 2.17. The molecule has 0 radical (unpaired) electrons. The number of nitrogens with zero attached hydrogens (tertiary/aromatic N) is 3. The molecule has 21 heavy (non-hydrogen) atoms. The molecule has 0 spiro atoms. The maximum Gasteiger partial charge on any atom is 0.323 e. The maximum absolute atomic E-state index is 11.9. The smallest absolute Gasteiger partial charge is 0.307 e. The average Bonchev–Trinajstić information content (AvgIpc) is 2.77. The minimum absolute atomic E-state index is 0.0303. The third-order valence-corrected chi connectivity index (χ3v) is 2.95. The van der Waals surface area contributed by atoms with E-state index in [9.17, 15) is 14.9 Å². The molecule has 1 aromatic heterocycles. The lowest BCUT2D eigenvalue weighted by Gasteiger charge is -2.10. The number of nitrogens with one attached hydrogen (secondary N) is 2. The molecule has 2 N–H and O–H groups in total. The fourth-order valence-corrected chi connectivity index (χ4v) is 1.94. The lowest BCUT2D eigenvalue weighted by Crippen LogP contribution is -2.19. The zero-order valence-electron chi connectivity index (χ0n) is 11.9. The van der Waals surface area contributed by atoms with E-state index in [2.05, 4.69) is 15.7 Å². The van der Waals surface area contributed by atoms with Gasteiger partial charge in [0, 0.05) is 24.9 Å². The summed E-state index contributed by atoms with van der Waals surface area (Å²) in [5, 5.41) is 20.1. The number of benzene rings is 1. The van der Waals surface area contributed by atoms with Crippen LogP contribution in [0.1, 0.15) is 11.1 Å². The van der Waals surface area contributed by atoms with E-state index >= 15 is 0 Å². The van der Waals surface area contributed by atoms with E-state index in [1.54, 1.807) is 37.8 Å². The normalized spacial score (nSPS) is 10.2. The molecule has 1 aromatic carbocycles. The fourth-order valence-electron chi connectivity index (χ4n) is 1.94. The first-order chi connectivity index (χ1) is 9.86. The van der Waals surface area contributed by atoms with Gasteiger partial charge in [0.05, 0.1) is 22.5 Å². The number of aromatic nitrogens is 2. The highest BCUT2D eigenvalue weighted by atomic mass is 16.6. The van der Waals surface area contributed by atoms with Gasteiger partial charge in [-0.2, -0.15) is 5.10 Å². The summed E-state index contributed by atoms with van der Waals surface area (Å²) in [6.45, 7) is 3.43. The lowest BCUT2D eigenvalue weighted by molar-refractivity contribution is -0.385. The van der Waals surface area contributed by atoms with Crippen molar-refractivity contribution in [1.29, 1.82) is 0 Å². The van der Waals surface area contributed by atoms with Crippen LogP contribution in [0.5, 0.6) is 0 Å². The SMILES string of the molecule is Cc1cc(C)c([N+](=O)[O-])cc1NC(=O)Nc1cnn(C)c1. The number of nitro benzene ring substituents is 1. The summed E-state index contributed by atoms with van der Waals surface area (Å²) < 4.78 is 1.55. The summed E-state index contributed by atoms with van der Waals surface area (Å²) in [7, 11) is 1.73. The first-order valence-electron chi connectivity index (χ1n) is 6.19. The Kier molecular flexibility index (Phi) is 3.88. The zero-order chi connectivity index (χ0) is 15.6. The molecule has 0 aliphatic rings. The highest BCUT2D eigenvalue weighted by Crippen LogP contribution is 2.26. The van der Waals surface area contributed by atoms with E-state index in [1.165, 1.54) is 12.3 Å². The molecule has 2 amide bonds. The van der Waals surface area contributed by atoms with E-state index < -0.39 is 11.0 Å². The second kappa shape index (κ2) is 5.61. The van der Waals surface area contributed by atoms with Crippen LogP contribution >= 0.6 is 0 Å². The number of nitro groups is 1. The van der Waals surface area contributed by atoms with Crippen molar-refractivity contribution >= 4 is 23.1 Å². The number of rotatable bonds is 3. The van der Waals surface area contributed by atoms with Crippen molar-refractivity contribution in [3.63, 3.8) is 0 Å². The van der Waals surface area contributed by atoms with E-state index in [0.717, 1.165) is 5.56 Å². The molecule has 0 aliphatic heterocycles. The molecule has 2 aromatic rings. The molecule has 110 valence electrons. The van der Waals surface area contributed by atoms with Crippen LogP contribution in [-0.2, 0) is 7.05 Å². The fraction of sp³-hybridized carbons (Fsp3) is 0.231. The Bertz CT molecular complexity index is 708. The second-order valence-corrected chi connectivity index (χ2v) is 4.69. The van der Waals surface area contributed by atoms with Gasteiger partial charge < -0.3 is 10.6 Å². The molecule has 0 aliphatic carbocycles. The Labute approximate surface area is 120 Å². The molecule has 0 atom stereocenters. The van der Waals surface area contributed by atoms with Crippen molar-refractivity contribution in [3.8, 4) is 0 Å². The second-order valence-electron chi connectivity index (χ2n) is 4.69. The maximum atomic E-state index is 11.9. The van der Waals surface area contributed by atoms with Crippen LogP contribution in [0.2, 0.25) is 0 Å². The van der Waals surface area contributed by atoms with E-state index in [-0.39, 0.29) is 5.69 Å². The lowest BCUT2D eigenvalue weighted by atomic mass is 10.1. The molecule has 0 fully saturated rings. The molecule has 1 heterocycles. The number of urea groups is 1. The first kappa shape index (κ1) is 14.5. The Morgan fingerprint density at radius 1 is 1.29 bits per heavy atom. The van der Waals surface area contributed by atoms with E-state index in [0.29, 0.717) is 16.9 Å². The number of hydrogen-bond acceptors (Lipinski definition) is 4. The Morgan fingerprint density at radius 3 is 2.57 bits per heavy atom. The van der Waals surface area contributed by atoms with Crippen molar-refractivity contribution in [2.45, 2.75) is 13.8 Å². The van der Waals surface area contributed by atoms with Crippen molar-refractivity contribution < 1.29 is 9.72 Å². The van der Waals surface area contributed by atoms with Crippen LogP contribution in [0.4, 0.5) is 21.9 Å². The predicted molar refractivity (Wildman–Crippen MR) is 78.4 cm³/mol. The number of amides is 2. The Morgan fingerprint density at radius 2 is 2.00 bits per heavy atom. The predicted octanol–water partition coefficient (Wildman–Crippen LogP) is 2.59. The van der Waals surface area contributed by atoms with Gasteiger partial charge in [-0.15, -0.1) is 0 Å². The van der Waals surface area contributed by atoms with Crippen molar-refractivity contribution in [1.82, 2.24) is 9.78 Å². The quantitative estimate of drug-likeness (QED) is 0.669. The van der Waals surface area contributed by atoms with Crippen molar-refractivity contribution in [2.24, 2.45) is 7.05 Å². The van der Waals surface area contributed by atoms with Gasteiger partial charge in [-0.1, -0.05) is 0 Å². The summed E-state index contributed by atoms with van der Waals surface area (Å²) in [5.74, 6) is 0. The molecular weight excluding hydrogens is 274 g/mol. The van der Waals surface area contributed by atoms with Crippen LogP contribution < -0.4 is 10.6 Å². The molecule has 8 nitrogen and oxygen atoms in total. The molecule has 0 saturated carbocycles. The molecule has 0 bridgehead atoms. The van der Waals surface area contributed by atoms with E-state index in [4.69, 9.17) is 0 Å². The molecule has 0 unspecified atom stereocenters. The first-order valence-corrected chi connectivity index (χ1v) is 6.19. The monoisotopic (exact) mass is 289 g/mol. The molecule has 0 saturated heterocycles. The van der Waals surface area contributed by atoms with Crippen LogP contribution in [0.15, 0.2) is 24.5 Å². The number of carbonyl (C=O) groups excluding carboxylic acids is 1. The van der Waals surface area contributed by atoms with Gasteiger partial charge in [-0.25, -0.2) is 4.79 Å². The third kappa shape index (κ3) is 3.35. The zero-order valence-corrected chi connectivity index (χ0v) is 11.9. The standard InChI is InChI=1S/C13H15N5O3/c1-8-4-9(2)12(18(20)21)5-11(8)16-13(19)15-10-6-14-17(3)7-10/h4-7H,1-3H3,(H2,15,16,19). The summed E-state index contributed by atoms with van der Waals surface area (Å²) in [6.07, 6.45) is 3.15. The van der Waals surface area contributed by atoms with Gasteiger partial charge in [0.2, 0.25) is 0 Å². The van der Waals surface area contributed by atoms with E-state index in [1.807, 2.05) is 0 Å². The number of anilines is 2. The topological polar surface area (TPSA) is 102 Å². The third-order valence-electron chi connectivity index (χ3n) is 2.95. The van der Waals surface area contributed by atoms with Gasteiger partial charge >= 0.3 is 6.03 Å². The Hall–Kier alpha value is -2.90. The average molecular weight is 289 g/mol. The van der Waals surface area contributed by atoms with Crippen molar-refractivity contribution in [3.05, 3.63) is 45.8 Å². The van der Waals surface area contributed by atoms with Gasteiger partial charge in [0.25, 0.3) is 5.69 Å². The summed E-state index contributed by atoms with van der Waals surface area (Å²) in [4.78, 5) is 22.3.